The molecule has 1 fully saturated rings. The van der Waals surface area contributed by atoms with Crippen LogP contribution in [-0.4, -0.2) is 73.5 Å². The van der Waals surface area contributed by atoms with Crippen molar-refractivity contribution < 1.29 is 23.5 Å². The molecule has 32 heavy (non-hydrogen) atoms. The number of piperazine rings is 1. The zero-order valence-corrected chi connectivity index (χ0v) is 18.3. The van der Waals surface area contributed by atoms with E-state index in [4.69, 9.17) is 9.47 Å². The number of rotatable bonds is 7. The molecule has 3 rings (SSSR count). The van der Waals surface area contributed by atoms with Gasteiger partial charge < -0.3 is 25.0 Å². The number of nitrogens with one attached hydrogen (secondary N) is 2. The van der Waals surface area contributed by atoms with Crippen LogP contribution in [0.4, 0.5) is 25.4 Å². The summed E-state index contributed by atoms with van der Waals surface area (Å²) in [6.45, 7) is 4.07. The van der Waals surface area contributed by atoms with Crippen molar-refractivity contribution in [3.05, 3.63) is 47.8 Å². The van der Waals surface area contributed by atoms with Gasteiger partial charge in [0, 0.05) is 44.0 Å². The number of pyridine rings is 1. The van der Waals surface area contributed by atoms with E-state index in [1.54, 1.807) is 29.3 Å². The van der Waals surface area contributed by atoms with E-state index in [-0.39, 0.29) is 12.7 Å². The molecule has 2 aromatic rings. The third-order valence-corrected chi connectivity index (χ3v) is 5.04. The highest BCUT2D eigenvalue weighted by Gasteiger charge is 2.23. The Morgan fingerprint density at radius 2 is 1.91 bits per heavy atom. The average molecular weight is 444 g/mol. The number of aromatic nitrogens is 1. The Kier molecular flexibility index (Phi) is 8.20. The molecule has 0 atom stereocenters. The van der Waals surface area contributed by atoms with Crippen molar-refractivity contribution in [2.24, 2.45) is 0 Å². The standard InChI is InChI=1S/C22H28FN5O4/c1-16-6-7-18(14-24-16)25-21(29)26-19-5-3-4-17(20(19)32-13-8-23)15-27-9-11-28(12-10-27)22(30)31-2/h3-7,14H,8-13,15H2,1-2H3,(H2,25,26,29)/i23-1. The van der Waals surface area contributed by atoms with E-state index in [2.05, 4.69) is 20.5 Å². The fourth-order valence-corrected chi connectivity index (χ4v) is 3.40. The second kappa shape index (κ2) is 11.3. The summed E-state index contributed by atoms with van der Waals surface area (Å²) in [6, 6.07) is 8.50. The number of hydrogen-bond donors (Lipinski definition) is 2. The van der Waals surface area contributed by atoms with Gasteiger partial charge in [0.15, 0.2) is 0 Å². The zero-order chi connectivity index (χ0) is 22.9. The van der Waals surface area contributed by atoms with Gasteiger partial charge in [0.05, 0.1) is 24.7 Å². The maximum Gasteiger partial charge on any atom is 0.409 e. The van der Waals surface area contributed by atoms with Crippen LogP contribution >= 0.6 is 0 Å². The minimum Gasteiger partial charge on any atom is -0.488 e. The average Bonchev–Trinajstić information content (AvgIpc) is 2.80. The molecule has 0 spiro atoms. The van der Waals surface area contributed by atoms with E-state index < -0.39 is 12.7 Å². The molecule has 1 aromatic heterocycles. The largest absolute Gasteiger partial charge is 0.488 e. The summed E-state index contributed by atoms with van der Waals surface area (Å²) in [5, 5.41) is 5.50. The third-order valence-electron chi connectivity index (χ3n) is 5.04. The van der Waals surface area contributed by atoms with Crippen molar-refractivity contribution >= 4 is 23.5 Å². The van der Waals surface area contributed by atoms with E-state index in [1.807, 2.05) is 19.1 Å². The van der Waals surface area contributed by atoms with Crippen LogP contribution in [0.15, 0.2) is 36.5 Å². The number of urea groups is 1. The van der Waals surface area contributed by atoms with Crippen molar-refractivity contribution in [3.8, 4) is 5.75 Å². The Morgan fingerprint density at radius 3 is 2.56 bits per heavy atom. The number of anilines is 2. The molecular formula is C22H28FN5O4. The number of halogens is 1. The molecule has 0 unspecified atom stereocenters. The summed E-state index contributed by atoms with van der Waals surface area (Å²) in [5.74, 6) is 0.428. The second-order valence-electron chi connectivity index (χ2n) is 7.33. The zero-order valence-electron chi connectivity index (χ0n) is 18.3. The number of hydrogen-bond acceptors (Lipinski definition) is 6. The topological polar surface area (TPSA) is 96.0 Å². The van der Waals surface area contributed by atoms with E-state index in [0.29, 0.717) is 49.8 Å². The monoisotopic (exact) mass is 444 g/mol. The van der Waals surface area contributed by atoms with Gasteiger partial charge in [-0.25, -0.2) is 14.0 Å². The van der Waals surface area contributed by atoms with Gasteiger partial charge in [-0.1, -0.05) is 12.1 Å². The minimum atomic E-state index is -0.646. The molecule has 10 heteroatoms. The molecule has 172 valence electrons. The van der Waals surface area contributed by atoms with E-state index >= 15 is 0 Å². The molecule has 2 heterocycles. The van der Waals surface area contributed by atoms with Gasteiger partial charge >= 0.3 is 12.1 Å². The Labute approximate surface area is 186 Å². The molecule has 0 aliphatic carbocycles. The number of ether oxygens (including phenoxy) is 2. The number of para-hydroxylation sites is 1. The van der Waals surface area contributed by atoms with Crippen LogP contribution in [0.1, 0.15) is 11.3 Å². The Bertz CT molecular complexity index is 917. The maximum absolute atomic E-state index is 12.8. The van der Waals surface area contributed by atoms with Gasteiger partial charge in [0.25, 0.3) is 0 Å². The fraction of sp³-hybridized carbons (Fsp3) is 0.409. The molecule has 3 amide bonds. The van der Waals surface area contributed by atoms with Crippen molar-refractivity contribution in [3.63, 3.8) is 0 Å². The van der Waals surface area contributed by atoms with Crippen molar-refractivity contribution in [2.45, 2.75) is 13.5 Å². The van der Waals surface area contributed by atoms with Crippen LogP contribution in [-0.2, 0) is 11.3 Å². The molecular weight excluding hydrogens is 416 g/mol. The summed E-state index contributed by atoms with van der Waals surface area (Å²) in [5.41, 5.74) is 2.67. The lowest BCUT2D eigenvalue weighted by Crippen LogP contribution is -2.48. The normalized spacial score (nSPS) is 14.0. The number of carbonyl (C=O) groups is 2. The molecule has 0 bridgehead atoms. The Balaban J connectivity index is 1.69. The number of carbonyl (C=O) groups excluding carboxylic acids is 2. The second-order valence-corrected chi connectivity index (χ2v) is 7.33. The first kappa shape index (κ1) is 23.3. The van der Waals surface area contributed by atoms with Crippen LogP contribution in [0.25, 0.3) is 0 Å². The highest BCUT2D eigenvalue weighted by Crippen LogP contribution is 2.31. The van der Waals surface area contributed by atoms with Crippen LogP contribution in [0, 0.1) is 6.92 Å². The number of aryl methyl sites for hydroxylation is 1. The molecule has 0 radical (unpaired) electrons. The van der Waals surface area contributed by atoms with Gasteiger partial charge in [0.2, 0.25) is 0 Å². The molecule has 0 saturated carbocycles. The Hall–Kier alpha value is -3.40. The number of nitrogens with zero attached hydrogens (tertiary/aromatic N) is 3. The van der Waals surface area contributed by atoms with Crippen molar-refractivity contribution in [2.75, 3.05) is 57.2 Å². The molecule has 1 aliphatic rings. The maximum atomic E-state index is 12.8. The van der Waals surface area contributed by atoms with Gasteiger partial charge in [-0.3, -0.25) is 9.88 Å². The van der Waals surface area contributed by atoms with E-state index in [9.17, 15) is 14.0 Å². The summed E-state index contributed by atoms with van der Waals surface area (Å²) >= 11 is 0. The van der Waals surface area contributed by atoms with Crippen molar-refractivity contribution in [1.29, 1.82) is 0 Å². The highest BCUT2D eigenvalue weighted by molar-refractivity contribution is 6.00. The highest BCUT2D eigenvalue weighted by atomic mass is 18.2. The van der Waals surface area contributed by atoms with Crippen LogP contribution in [0.2, 0.25) is 0 Å². The molecule has 1 aliphatic heterocycles. The molecule has 2 N–H and O–H groups in total. The van der Waals surface area contributed by atoms with Gasteiger partial charge in [0.1, 0.15) is 19.0 Å². The SMILES string of the molecule is COC(=O)N1CCN(Cc2cccc(NC(=O)Nc3ccc(C)nc3)c2OCC[18F])CC1. The number of amides is 3. The van der Waals surface area contributed by atoms with Gasteiger partial charge in [-0.05, 0) is 25.1 Å². The van der Waals surface area contributed by atoms with Crippen LogP contribution < -0.4 is 15.4 Å². The van der Waals surface area contributed by atoms with Crippen LogP contribution in [0.5, 0.6) is 5.75 Å². The molecule has 1 aromatic carbocycles. The first-order valence-electron chi connectivity index (χ1n) is 10.4. The quantitative estimate of drug-likeness (QED) is 0.681. The van der Waals surface area contributed by atoms with Crippen LogP contribution in [0.3, 0.4) is 0 Å². The van der Waals surface area contributed by atoms with Crippen molar-refractivity contribution in [1.82, 2.24) is 14.8 Å². The summed E-state index contributed by atoms with van der Waals surface area (Å²) in [6.07, 6.45) is 1.23. The predicted octanol–water partition coefficient (Wildman–Crippen LogP) is 3.27. The first-order valence-corrected chi connectivity index (χ1v) is 10.4. The minimum absolute atomic E-state index is 0.120. The molecule has 1 saturated heterocycles. The van der Waals surface area contributed by atoms with Gasteiger partial charge in [-0.15, -0.1) is 0 Å². The summed E-state index contributed by atoms with van der Waals surface area (Å²) < 4.78 is 23.3. The lowest BCUT2D eigenvalue weighted by atomic mass is 10.1. The third kappa shape index (κ3) is 6.30. The number of alkyl halides is 1. The lowest BCUT2D eigenvalue weighted by Gasteiger charge is -2.34. The van der Waals surface area contributed by atoms with E-state index in [0.717, 1.165) is 11.3 Å². The molecule has 9 nitrogen and oxygen atoms in total. The first-order chi connectivity index (χ1) is 15.5. The summed E-state index contributed by atoms with van der Waals surface area (Å²) in [4.78, 5) is 32.1. The fourth-order valence-electron chi connectivity index (χ4n) is 3.40. The Morgan fingerprint density at radius 1 is 1.12 bits per heavy atom. The number of benzene rings is 1. The smallest absolute Gasteiger partial charge is 0.409 e. The summed E-state index contributed by atoms with van der Waals surface area (Å²) in [7, 11) is 1.37. The predicted molar refractivity (Wildman–Crippen MR) is 119 cm³/mol. The van der Waals surface area contributed by atoms with Gasteiger partial charge in [-0.2, -0.15) is 0 Å². The number of methoxy groups -OCH3 is 1. The van der Waals surface area contributed by atoms with E-state index in [1.165, 1.54) is 7.11 Å². The lowest BCUT2D eigenvalue weighted by molar-refractivity contribution is 0.0885.